The van der Waals surface area contributed by atoms with Gasteiger partial charge in [0.2, 0.25) is 7.37 Å². The number of carbonyl (C=O) groups excluding carboxylic acids is 1. The molecule has 0 spiro atoms. The number of hydrogen-bond acceptors (Lipinski definition) is 8. The van der Waals surface area contributed by atoms with Gasteiger partial charge in [0.05, 0.1) is 17.2 Å². The zero-order chi connectivity index (χ0) is 24.4. The number of ether oxygens (including phenoxy) is 2. The van der Waals surface area contributed by atoms with Gasteiger partial charge in [0, 0.05) is 24.6 Å². The number of nitrogens with zero attached hydrogens (tertiary/aromatic N) is 1. The van der Waals surface area contributed by atoms with Crippen molar-refractivity contribution in [1.82, 2.24) is 4.98 Å². The van der Waals surface area contributed by atoms with Crippen molar-refractivity contribution in [2.45, 2.75) is 24.8 Å². The summed E-state index contributed by atoms with van der Waals surface area (Å²) < 4.78 is 46.8. The van der Waals surface area contributed by atoms with Crippen LogP contribution in [0, 0.1) is 0 Å². The van der Waals surface area contributed by atoms with Crippen molar-refractivity contribution >= 4 is 44.2 Å². The fraction of sp³-hybridized carbons (Fsp3) is 0.238. The topological polar surface area (TPSA) is 132 Å². The van der Waals surface area contributed by atoms with Crippen LogP contribution < -0.4 is 19.4 Å². The molecule has 1 amide bonds. The quantitative estimate of drug-likeness (QED) is 0.436. The molecule has 0 aliphatic rings. The first-order chi connectivity index (χ1) is 15.3. The molecule has 176 valence electrons. The zero-order valence-electron chi connectivity index (χ0n) is 18.3. The fourth-order valence-electron chi connectivity index (χ4n) is 2.68. The summed E-state index contributed by atoms with van der Waals surface area (Å²) in [6.45, 7) is 4.88. The molecule has 9 nitrogen and oxygen atoms in total. The van der Waals surface area contributed by atoms with Gasteiger partial charge in [0.1, 0.15) is 21.9 Å². The highest BCUT2D eigenvalue weighted by molar-refractivity contribution is 7.90. The SMILES string of the molecule is CC(C)Oc1cc(Oc2ccc(S(C)(=O)=O)cc2)cc(C(=O)Nc2ncc(P(C)(=O)O)s2)c1. The van der Waals surface area contributed by atoms with Gasteiger partial charge >= 0.3 is 0 Å². The largest absolute Gasteiger partial charge is 0.491 e. The molecule has 0 radical (unpaired) electrons. The Morgan fingerprint density at radius 1 is 1.12 bits per heavy atom. The van der Waals surface area contributed by atoms with Crippen LogP contribution in [-0.2, 0) is 14.4 Å². The van der Waals surface area contributed by atoms with Crippen LogP contribution in [0.3, 0.4) is 0 Å². The number of nitrogens with one attached hydrogen (secondary N) is 1. The first-order valence-electron chi connectivity index (χ1n) is 9.69. The lowest BCUT2D eigenvalue weighted by atomic mass is 10.2. The highest BCUT2D eigenvalue weighted by Crippen LogP contribution is 2.37. The molecule has 0 aliphatic heterocycles. The molecule has 33 heavy (non-hydrogen) atoms. The molecule has 1 heterocycles. The number of aromatic nitrogens is 1. The maximum Gasteiger partial charge on any atom is 0.257 e. The maximum atomic E-state index is 12.8. The van der Waals surface area contributed by atoms with Crippen LogP contribution in [0.1, 0.15) is 24.2 Å². The van der Waals surface area contributed by atoms with Crippen molar-refractivity contribution in [3.8, 4) is 17.2 Å². The molecular weight excluding hydrogens is 487 g/mol. The predicted octanol–water partition coefficient (Wildman–Crippen LogP) is 3.90. The van der Waals surface area contributed by atoms with Crippen LogP contribution in [-0.4, -0.2) is 43.2 Å². The number of thiazole rings is 1. The molecule has 1 atom stereocenters. The minimum absolute atomic E-state index is 0.157. The summed E-state index contributed by atoms with van der Waals surface area (Å²) in [6, 6.07) is 10.5. The van der Waals surface area contributed by atoms with Crippen molar-refractivity contribution in [1.29, 1.82) is 0 Å². The van der Waals surface area contributed by atoms with Gasteiger partial charge in [0.15, 0.2) is 15.0 Å². The summed E-state index contributed by atoms with van der Waals surface area (Å²) in [5.41, 5.74) is 0.219. The first kappa shape index (κ1) is 24.9. The van der Waals surface area contributed by atoms with Gasteiger partial charge in [-0.05, 0) is 50.2 Å². The van der Waals surface area contributed by atoms with Crippen LogP contribution in [0.4, 0.5) is 5.13 Å². The monoisotopic (exact) mass is 510 g/mol. The maximum absolute atomic E-state index is 12.8. The molecule has 2 N–H and O–H groups in total. The zero-order valence-corrected chi connectivity index (χ0v) is 20.8. The number of benzene rings is 2. The lowest BCUT2D eigenvalue weighted by molar-refractivity contribution is 0.102. The normalized spacial score (nSPS) is 13.4. The average molecular weight is 511 g/mol. The fourth-order valence-corrected chi connectivity index (χ4v) is 5.07. The van der Waals surface area contributed by atoms with E-state index in [1.807, 2.05) is 13.8 Å². The van der Waals surface area contributed by atoms with Gasteiger partial charge in [-0.15, -0.1) is 0 Å². The molecule has 0 bridgehead atoms. The van der Waals surface area contributed by atoms with E-state index in [4.69, 9.17) is 9.47 Å². The van der Waals surface area contributed by atoms with Crippen molar-refractivity contribution in [3.63, 3.8) is 0 Å². The predicted molar refractivity (Wildman–Crippen MR) is 127 cm³/mol. The lowest BCUT2D eigenvalue weighted by Gasteiger charge is -2.14. The number of anilines is 1. The highest BCUT2D eigenvalue weighted by Gasteiger charge is 2.19. The van der Waals surface area contributed by atoms with E-state index in [-0.39, 0.29) is 26.3 Å². The number of rotatable bonds is 8. The molecule has 0 aliphatic carbocycles. The third-order valence-electron chi connectivity index (χ3n) is 4.12. The molecule has 12 heteroatoms. The van der Waals surface area contributed by atoms with E-state index >= 15 is 0 Å². The second-order valence-electron chi connectivity index (χ2n) is 7.54. The van der Waals surface area contributed by atoms with E-state index in [2.05, 4.69) is 10.3 Å². The second kappa shape index (κ2) is 9.64. The van der Waals surface area contributed by atoms with Crippen LogP contribution in [0.5, 0.6) is 17.2 Å². The molecule has 0 saturated carbocycles. The average Bonchev–Trinajstić information content (AvgIpc) is 3.16. The summed E-state index contributed by atoms with van der Waals surface area (Å²) in [6.07, 6.45) is 2.22. The molecule has 2 aromatic carbocycles. The van der Waals surface area contributed by atoms with Gasteiger partial charge in [-0.2, -0.15) is 0 Å². The molecule has 0 fully saturated rings. The van der Waals surface area contributed by atoms with Crippen molar-refractivity contribution in [2.75, 3.05) is 18.2 Å². The minimum Gasteiger partial charge on any atom is -0.491 e. The van der Waals surface area contributed by atoms with Crippen LogP contribution in [0.25, 0.3) is 0 Å². The van der Waals surface area contributed by atoms with E-state index in [9.17, 15) is 22.7 Å². The van der Waals surface area contributed by atoms with Crippen molar-refractivity contribution in [3.05, 3.63) is 54.2 Å². The number of sulfone groups is 1. The lowest BCUT2D eigenvalue weighted by Crippen LogP contribution is -2.13. The molecule has 0 saturated heterocycles. The Morgan fingerprint density at radius 3 is 2.30 bits per heavy atom. The van der Waals surface area contributed by atoms with Crippen molar-refractivity contribution in [2.24, 2.45) is 0 Å². The first-order valence-corrected chi connectivity index (χ1v) is 14.5. The van der Waals surface area contributed by atoms with Crippen LogP contribution in [0.2, 0.25) is 0 Å². The Balaban J connectivity index is 1.87. The Kier molecular flexibility index (Phi) is 7.28. The van der Waals surface area contributed by atoms with Gasteiger partial charge in [0.25, 0.3) is 5.91 Å². The third kappa shape index (κ3) is 6.88. The van der Waals surface area contributed by atoms with Crippen LogP contribution in [0.15, 0.2) is 53.6 Å². The molecule has 1 unspecified atom stereocenters. The molecule has 3 aromatic rings. The second-order valence-corrected chi connectivity index (χ2v) is 13.1. The summed E-state index contributed by atoms with van der Waals surface area (Å²) in [7, 11) is -6.80. The van der Waals surface area contributed by atoms with E-state index in [0.29, 0.717) is 17.2 Å². The summed E-state index contributed by atoms with van der Waals surface area (Å²) >= 11 is 0.920. The van der Waals surface area contributed by atoms with Gasteiger partial charge in [-0.25, -0.2) is 13.4 Å². The summed E-state index contributed by atoms with van der Waals surface area (Å²) in [5, 5.41) is 2.79. The van der Waals surface area contributed by atoms with Gasteiger partial charge < -0.3 is 14.4 Å². The summed E-state index contributed by atoms with van der Waals surface area (Å²) in [4.78, 5) is 26.6. The summed E-state index contributed by atoms with van der Waals surface area (Å²) in [5.74, 6) is 0.570. The number of carbonyl (C=O) groups is 1. The van der Waals surface area contributed by atoms with Crippen molar-refractivity contribution < 1.29 is 32.1 Å². The van der Waals surface area contributed by atoms with Crippen LogP contribution >= 0.6 is 18.7 Å². The Bertz CT molecular complexity index is 1310. The van der Waals surface area contributed by atoms with E-state index in [1.54, 1.807) is 12.1 Å². The molecular formula is C21H23N2O7PS2. The molecule has 3 rings (SSSR count). The van der Waals surface area contributed by atoms with E-state index in [1.165, 1.54) is 43.2 Å². The van der Waals surface area contributed by atoms with E-state index < -0.39 is 23.1 Å². The smallest absolute Gasteiger partial charge is 0.257 e. The third-order valence-corrected chi connectivity index (χ3v) is 8.19. The van der Waals surface area contributed by atoms with Gasteiger partial charge in [-0.3, -0.25) is 14.7 Å². The number of hydrogen-bond donors (Lipinski definition) is 2. The minimum atomic E-state index is -3.47. The standard InChI is InChI=1S/C21H23N2O7PS2/c1-13(2)29-16-9-14(20(24)23-21-22-12-19(32-21)31(3,25)26)10-17(11-16)30-15-5-7-18(8-6-15)33(4,27)28/h5-13H,1-4H3,(H,25,26)(H,22,23,24). The Labute approximate surface area is 195 Å². The molecule has 1 aromatic heterocycles. The highest BCUT2D eigenvalue weighted by atomic mass is 32.2. The van der Waals surface area contributed by atoms with Gasteiger partial charge in [-0.1, -0.05) is 11.3 Å². The number of amides is 1. The van der Waals surface area contributed by atoms with E-state index in [0.717, 1.165) is 17.6 Å². The Hall–Kier alpha value is -2.72. The Morgan fingerprint density at radius 2 is 1.76 bits per heavy atom.